The zero-order valence-electron chi connectivity index (χ0n) is 9.34. The van der Waals surface area contributed by atoms with E-state index in [2.05, 4.69) is 20.6 Å². The standard InChI is InChI=1S/C11H9F3N4/c1-15-11-16-5-9(14)10(18-11)17-6-2-3-7(12)8(13)4-6/h2-5H,1H3,(H2,15,16,17,18). The first-order valence-electron chi connectivity index (χ1n) is 5.02. The van der Waals surface area contributed by atoms with Gasteiger partial charge in [-0.3, -0.25) is 0 Å². The van der Waals surface area contributed by atoms with Crippen molar-refractivity contribution >= 4 is 17.5 Å². The first-order valence-corrected chi connectivity index (χ1v) is 5.02. The summed E-state index contributed by atoms with van der Waals surface area (Å²) in [5, 5.41) is 5.18. The number of halogens is 3. The van der Waals surface area contributed by atoms with E-state index in [4.69, 9.17) is 0 Å². The van der Waals surface area contributed by atoms with Gasteiger partial charge in [-0.05, 0) is 12.1 Å². The van der Waals surface area contributed by atoms with Gasteiger partial charge in [0.15, 0.2) is 23.3 Å². The van der Waals surface area contributed by atoms with Gasteiger partial charge < -0.3 is 10.6 Å². The third-order valence-corrected chi connectivity index (χ3v) is 2.15. The Labute approximate surface area is 101 Å². The minimum absolute atomic E-state index is 0.125. The molecule has 94 valence electrons. The molecule has 2 N–H and O–H groups in total. The molecule has 0 fully saturated rings. The molecule has 0 atom stereocenters. The van der Waals surface area contributed by atoms with E-state index in [1.807, 2.05) is 0 Å². The van der Waals surface area contributed by atoms with Crippen LogP contribution in [-0.2, 0) is 0 Å². The molecule has 0 spiro atoms. The van der Waals surface area contributed by atoms with Gasteiger partial charge in [0, 0.05) is 18.8 Å². The molecule has 1 aromatic carbocycles. The maximum Gasteiger partial charge on any atom is 0.224 e. The smallest absolute Gasteiger partial charge is 0.224 e. The van der Waals surface area contributed by atoms with Crippen molar-refractivity contribution in [2.24, 2.45) is 0 Å². The van der Waals surface area contributed by atoms with Crippen LogP contribution in [0.5, 0.6) is 0 Å². The van der Waals surface area contributed by atoms with E-state index in [1.165, 1.54) is 6.07 Å². The SMILES string of the molecule is CNc1ncc(F)c(Nc2ccc(F)c(F)c2)n1. The van der Waals surface area contributed by atoms with Crippen LogP contribution < -0.4 is 10.6 Å². The van der Waals surface area contributed by atoms with Crippen LogP contribution in [0.2, 0.25) is 0 Å². The van der Waals surface area contributed by atoms with Crippen LogP contribution in [0.15, 0.2) is 24.4 Å². The highest BCUT2D eigenvalue weighted by atomic mass is 19.2. The molecule has 0 bridgehead atoms. The van der Waals surface area contributed by atoms with E-state index >= 15 is 0 Å². The molecule has 1 heterocycles. The third kappa shape index (κ3) is 2.50. The van der Waals surface area contributed by atoms with Gasteiger partial charge in [0.05, 0.1) is 6.20 Å². The quantitative estimate of drug-likeness (QED) is 0.884. The monoisotopic (exact) mass is 254 g/mol. The summed E-state index contributed by atoms with van der Waals surface area (Å²) < 4.78 is 39.1. The average Bonchev–Trinajstić information content (AvgIpc) is 2.36. The van der Waals surface area contributed by atoms with E-state index in [9.17, 15) is 13.2 Å². The molecule has 0 radical (unpaired) electrons. The Bertz CT molecular complexity index is 574. The summed E-state index contributed by atoms with van der Waals surface area (Å²) >= 11 is 0. The largest absolute Gasteiger partial charge is 0.357 e. The summed E-state index contributed by atoms with van der Waals surface area (Å²) in [6.07, 6.45) is 0.973. The van der Waals surface area contributed by atoms with Crippen molar-refractivity contribution in [3.05, 3.63) is 41.8 Å². The zero-order chi connectivity index (χ0) is 13.1. The van der Waals surface area contributed by atoms with Crippen molar-refractivity contribution in [3.63, 3.8) is 0 Å². The van der Waals surface area contributed by atoms with Gasteiger partial charge in [-0.2, -0.15) is 4.98 Å². The Balaban J connectivity index is 2.30. The number of nitrogens with zero attached hydrogens (tertiary/aromatic N) is 2. The average molecular weight is 254 g/mol. The van der Waals surface area contributed by atoms with Crippen molar-refractivity contribution in [3.8, 4) is 0 Å². The van der Waals surface area contributed by atoms with Crippen LogP contribution in [0.1, 0.15) is 0 Å². The molecule has 0 aliphatic rings. The summed E-state index contributed by atoms with van der Waals surface area (Å²) in [6, 6.07) is 3.13. The number of rotatable bonds is 3. The van der Waals surface area contributed by atoms with E-state index in [0.717, 1.165) is 18.3 Å². The van der Waals surface area contributed by atoms with Crippen LogP contribution in [0.25, 0.3) is 0 Å². The van der Waals surface area contributed by atoms with E-state index in [0.29, 0.717) is 0 Å². The van der Waals surface area contributed by atoms with Crippen molar-refractivity contribution in [2.45, 2.75) is 0 Å². The molecule has 0 saturated heterocycles. The molecule has 2 aromatic rings. The lowest BCUT2D eigenvalue weighted by Crippen LogP contribution is -2.03. The first-order chi connectivity index (χ1) is 8.60. The number of anilines is 3. The maximum absolute atomic E-state index is 13.4. The molecule has 7 heteroatoms. The Morgan fingerprint density at radius 3 is 2.50 bits per heavy atom. The molecule has 0 amide bonds. The highest BCUT2D eigenvalue weighted by Gasteiger charge is 2.08. The van der Waals surface area contributed by atoms with Gasteiger partial charge in [-0.15, -0.1) is 0 Å². The molecular formula is C11H9F3N4. The van der Waals surface area contributed by atoms with Gasteiger partial charge in [0.2, 0.25) is 5.95 Å². The van der Waals surface area contributed by atoms with Crippen LogP contribution >= 0.6 is 0 Å². The summed E-state index contributed by atoms with van der Waals surface area (Å²) in [5.74, 6) is -2.61. The molecule has 0 unspecified atom stereocenters. The molecular weight excluding hydrogens is 245 g/mol. The minimum Gasteiger partial charge on any atom is -0.357 e. The van der Waals surface area contributed by atoms with Crippen LogP contribution in [0.4, 0.5) is 30.6 Å². The van der Waals surface area contributed by atoms with Crippen molar-refractivity contribution in [1.29, 1.82) is 0 Å². The Kier molecular flexibility index (Phi) is 3.31. The van der Waals surface area contributed by atoms with Gasteiger partial charge in [-0.1, -0.05) is 0 Å². The van der Waals surface area contributed by atoms with Crippen molar-refractivity contribution in [1.82, 2.24) is 9.97 Å². The fourth-order valence-electron chi connectivity index (χ4n) is 1.29. The fraction of sp³-hybridized carbons (Fsp3) is 0.0909. The molecule has 4 nitrogen and oxygen atoms in total. The Hall–Kier alpha value is -2.31. The fourth-order valence-corrected chi connectivity index (χ4v) is 1.29. The van der Waals surface area contributed by atoms with Crippen LogP contribution in [-0.4, -0.2) is 17.0 Å². The first kappa shape index (κ1) is 12.2. The number of hydrogen-bond donors (Lipinski definition) is 2. The molecule has 2 rings (SSSR count). The molecule has 0 aliphatic carbocycles. The van der Waals surface area contributed by atoms with Crippen LogP contribution in [0, 0.1) is 17.5 Å². The van der Waals surface area contributed by atoms with E-state index in [-0.39, 0.29) is 17.5 Å². The number of hydrogen-bond acceptors (Lipinski definition) is 4. The third-order valence-electron chi connectivity index (χ3n) is 2.15. The topological polar surface area (TPSA) is 49.8 Å². The lowest BCUT2D eigenvalue weighted by atomic mass is 10.3. The number of aromatic nitrogens is 2. The maximum atomic E-state index is 13.4. The zero-order valence-corrected chi connectivity index (χ0v) is 9.34. The Morgan fingerprint density at radius 1 is 1.06 bits per heavy atom. The predicted octanol–water partition coefficient (Wildman–Crippen LogP) is 2.68. The minimum atomic E-state index is -1.02. The lowest BCUT2D eigenvalue weighted by molar-refractivity contribution is 0.509. The van der Waals surface area contributed by atoms with E-state index < -0.39 is 17.5 Å². The van der Waals surface area contributed by atoms with Crippen molar-refractivity contribution < 1.29 is 13.2 Å². The summed E-state index contributed by atoms with van der Waals surface area (Å²) in [4.78, 5) is 7.47. The summed E-state index contributed by atoms with van der Waals surface area (Å²) in [6.45, 7) is 0. The van der Waals surface area contributed by atoms with Gasteiger partial charge in [-0.25, -0.2) is 18.2 Å². The number of nitrogens with one attached hydrogen (secondary N) is 2. The molecule has 1 aromatic heterocycles. The number of benzene rings is 1. The van der Waals surface area contributed by atoms with Gasteiger partial charge >= 0.3 is 0 Å². The highest BCUT2D eigenvalue weighted by Crippen LogP contribution is 2.20. The van der Waals surface area contributed by atoms with Crippen LogP contribution in [0.3, 0.4) is 0 Å². The normalized spacial score (nSPS) is 10.2. The van der Waals surface area contributed by atoms with Gasteiger partial charge in [0.1, 0.15) is 0 Å². The molecule has 0 saturated carbocycles. The Morgan fingerprint density at radius 2 is 1.83 bits per heavy atom. The molecule has 0 aliphatic heterocycles. The second-order valence-corrected chi connectivity index (χ2v) is 3.39. The van der Waals surface area contributed by atoms with Crippen molar-refractivity contribution in [2.75, 3.05) is 17.7 Å². The summed E-state index contributed by atoms with van der Waals surface area (Å²) in [5.41, 5.74) is 0.188. The lowest BCUT2D eigenvalue weighted by Gasteiger charge is -2.08. The van der Waals surface area contributed by atoms with Gasteiger partial charge in [0.25, 0.3) is 0 Å². The summed E-state index contributed by atoms with van der Waals surface area (Å²) in [7, 11) is 1.58. The second-order valence-electron chi connectivity index (χ2n) is 3.39. The van der Waals surface area contributed by atoms with E-state index in [1.54, 1.807) is 7.05 Å². The molecule has 18 heavy (non-hydrogen) atoms. The second kappa shape index (κ2) is 4.91. The highest BCUT2D eigenvalue weighted by molar-refractivity contribution is 5.57. The predicted molar refractivity (Wildman–Crippen MR) is 61.2 cm³/mol.